The zero-order valence-corrected chi connectivity index (χ0v) is 14.2. The van der Waals surface area contributed by atoms with Gasteiger partial charge in [-0.25, -0.2) is 0 Å². The van der Waals surface area contributed by atoms with E-state index in [1.165, 1.54) is 35.5 Å². The van der Waals surface area contributed by atoms with E-state index in [9.17, 15) is 4.57 Å². The molecule has 0 fully saturated rings. The summed E-state index contributed by atoms with van der Waals surface area (Å²) in [5.41, 5.74) is 0. The Bertz CT molecular complexity index is 522. The summed E-state index contributed by atoms with van der Waals surface area (Å²) in [6.45, 7) is 1.76. The summed E-state index contributed by atoms with van der Waals surface area (Å²) in [7, 11) is -0.0437. The molecule has 0 aromatic carbocycles. The lowest BCUT2D eigenvalue weighted by molar-refractivity contribution is 0.231. The molecular weight excluding hydrogens is 306 g/mol. The topological polar surface area (TPSA) is 76.4 Å². The van der Waals surface area contributed by atoms with Crippen molar-refractivity contribution in [1.29, 1.82) is 0 Å². The lowest BCUT2D eigenvalue weighted by Crippen LogP contribution is -2.11. The zero-order chi connectivity index (χ0) is 15.4. The van der Waals surface area contributed by atoms with Crippen LogP contribution in [0, 0.1) is 6.92 Å². The maximum atomic E-state index is 12.8. The Hall–Kier alpha value is -0.390. The van der Waals surface area contributed by atoms with E-state index in [-0.39, 0.29) is 10.8 Å². The standard InChI is InChI=1S/C11H20O7P2/c1-9-7-8-10(18-9)11(19(12,13-2)14-3)20(15-4,16-5)17-6/h7-8H,1-6H3. The Balaban J connectivity index is 3.75. The van der Waals surface area contributed by atoms with Gasteiger partial charge in [-0.05, 0) is 19.1 Å². The fourth-order valence-electron chi connectivity index (χ4n) is 1.71. The van der Waals surface area contributed by atoms with Crippen LogP contribution in [0.5, 0.6) is 0 Å². The largest absolute Gasteiger partial charge is 0.461 e. The van der Waals surface area contributed by atoms with E-state index in [2.05, 4.69) is 0 Å². The molecule has 0 saturated carbocycles. The van der Waals surface area contributed by atoms with Gasteiger partial charge < -0.3 is 27.0 Å². The van der Waals surface area contributed by atoms with Crippen molar-refractivity contribution in [3.8, 4) is 0 Å². The maximum Gasteiger partial charge on any atom is 0.371 e. The minimum absolute atomic E-state index is 0.107. The van der Waals surface area contributed by atoms with Crippen LogP contribution in [0.1, 0.15) is 11.5 Å². The molecule has 116 valence electrons. The van der Waals surface area contributed by atoms with Crippen LogP contribution < -0.4 is 0 Å². The lowest BCUT2D eigenvalue weighted by Gasteiger charge is -2.26. The van der Waals surface area contributed by atoms with Crippen LogP contribution in [0.3, 0.4) is 0 Å². The summed E-state index contributed by atoms with van der Waals surface area (Å²) < 4.78 is 44.5. The van der Waals surface area contributed by atoms with Crippen LogP contribution in [0.25, 0.3) is 0 Å². The first-order valence-corrected chi connectivity index (χ1v) is 8.74. The summed E-state index contributed by atoms with van der Waals surface area (Å²) in [5, 5.41) is 0.107. The Labute approximate surface area is 118 Å². The molecule has 0 aliphatic carbocycles. The van der Waals surface area contributed by atoms with Gasteiger partial charge in [0.15, 0.2) is 5.03 Å². The minimum atomic E-state index is -3.67. The quantitative estimate of drug-likeness (QED) is 0.712. The first-order valence-electron chi connectivity index (χ1n) is 5.65. The van der Waals surface area contributed by atoms with Crippen LogP contribution in [-0.2, 0) is 27.2 Å². The zero-order valence-electron chi connectivity index (χ0n) is 12.4. The molecule has 1 aromatic rings. The first kappa shape index (κ1) is 17.7. The van der Waals surface area contributed by atoms with E-state index in [0.717, 1.165) is 0 Å². The van der Waals surface area contributed by atoms with Crippen LogP contribution in [-0.4, -0.2) is 40.6 Å². The number of aryl methyl sites for hydroxylation is 1. The van der Waals surface area contributed by atoms with Gasteiger partial charge in [-0.1, -0.05) is 0 Å². The monoisotopic (exact) mass is 326 g/mol. The summed E-state index contributed by atoms with van der Waals surface area (Å²) in [4.78, 5) is 0. The molecule has 0 atom stereocenters. The second-order valence-corrected chi connectivity index (χ2v) is 8.70. The molecule has 20 heavy (non-hydrogen) atoms. The third-order valence-corrected chi connectivity index (χ3v) is 8.03. The van der Waals surface area contributed by atoms with Gasteiger partial charge in [0.05, 0.1) is 0 Å². The molecule has 1 heterocycles. The number of furan rings is 1. The Morgan fingerprint density at radius 2 is 1.45 bits per heavy atom. The van der Waals surface area contributed by atoms with Crippen LogP contribution in [0.2, 0.25) is 0 Å². The van der Waals surface area contributed by atoms with Gasteiger partial charge >= 0.3 is 7.60 Å². The lowest BCUT2D eigenvalue weighted by atomic mass is 10.5. The van der Waals surface area contributed by atoms with Gasteiger partial charge in [-0.2, -0.15) is 0 Å². The molecule has 1 rings (SSSR count). The highest BCUT2D eigenvalue weighted by atomic mass is 31.2. The Morgan fingerprint density at radius 1 is 0.950 bits per heavy atom. The molecule has 0 unspecified atom stereocenters. The predicted octanol–water partition coefficient (Wildman–Crippen LogP) is 3.25. The van der Waals surface area contributed by atoms with Crippen molar-refractivity contribution in [1.82, 2.24) is 0 Å². The second-order valence-electron chi connectivity index (χ2n) is 3.64. The first-order chi connectivity index (χ1) is 9.42. The Morgan fingerprint density at radius 3 is 1.75 bits per heavy atom. The van der Waals surface area contributed by atoms with E-state index in [1.807, 2.05) is 0 Å². The molecule has 0 saturated heterocycles. The van der Waals surface area contributed by atoms with Crippen molar-refractivity contribution in [2.75, 3.05) is 35.5 Å². The Kier molecular flexibility index (Phi) is 6.23. The van der Waals surface area contributed by atoms with Crippen LogP contribution >= 0.6 is 15.2 Å². The molecule has 7 nitrogen and oxygen atoms in total. The molecule has 1 aromatic heterocycles. The molecule has 0 bridgehead atoms. The minimum Gasteiger partial charge on any atom is -0.461 e. The van der Waals surface area contributed by atoms with E-state index < -0.39 is 15.2 Å². The van der Waals surface area contributed by atoms with Crippen molar-refractivity contribution < 1.29 is 31.6 Å². The number of hydrogen-bond acceptors (Lipinski definition) is 7. The van der Waals surface area contributed by atoms with Gasteiger partial charge in [-0.15, -0.1) is 0 Å². The van der Waals surface area contributed by atoms with Crippen LogP contribution in [0.4, 0.5) is 0 Å². The average Bonchev–Trinajstić information content (AvgIpc) is 2.90. The van der Waals surface area contributed by atoms with Crippen LogP contribution in [0.15, 0.2) is 16.5 Å². The summed E-state index contributed by atoms with van der Waals surface area (Å²) in [6, 6.07) is 3.36. The third kappa shape index (κ3) is 3.10. The highest BCUT2D eigenvalue weighted by molar-refractivity contribution is 7.89. The summed E-state index contributed by atoms with van der Waals surface area (Å²) in [6.07, 6.45) is 0. The van der Waals surface area contributed by atoms with Gasteiger partial charge in [-0.3, -0.25) is 4.57 Å². The SMILES string of the molecule is COP(=O)(OC)C(c1ccc(C)o1)=P(OC)(OC)OC. The maximum absolute atomic E-state index is 12.8. The molecule has 0 aliphatic rings. The summed E-state index contributed by atoms with van der Waals surface area (Å²) >= 11 is 0. The third-order valence-electron chi connectivity index (χ3n) is 2.68. The predicted molar refractivity (Wildman–Crippen MR) is 77.1 cm³/mol. The number of rotatable bonds is 7. The highest BCUT2D eigenvalue weighted by Gasteiger charge is 2.42. The molecule has 0 aliphatic heterocycles. The fourth-order valence-corrected chi connectivity index (χ4v) is 6.37. The molecule has 0 amide bonds. The smallest absolute Gasteiger partial charge is 0.371 e. The second kappa shape index (κ2) is 7.05. The highest BCUT2D eigenvalue weighted by Crippen LogP contribution is 2.64. The summed E-state index contributed by atoms with van der Waals surface area (Å²) in [5.74, 6) is 0.922. The van der Waals surface area contributed by atoms with Crippen molar-refractivity contribution in [3.05, 3.63) is 23.7 Å². The van der Waals surface area contributed by atoms with Gasteiger partial charge in [0, 0.05) is 35.5 Å². The van der Waals surface area contributed by atoms with Crippen molar-refractivity contribution in [2.45, 2.75) is 6.92 Å². The van der Waals surface area contributed by atoms with Crippen molar-refractivity contribution >= 4 is 20.2 Å². The molecule has 9 heteroatoms. The van der Waals surface area contributed by atoms with E-state index in [4.69, 9.17) is 27.0 Å². The fraction of sp³-hybridized carbons (Fsp3) is 0.545. The van der Waals surface area contributed by atoms with E-state index in [1.54, 1.807) is 19.1 Å². The number of hydrogen-bond donors (Lipinski definition) is 0. The van der Waals surface area contributed by atoms with E-state index >= 15 is 0 Å². The molecular formula is C11H20O7P2. The van der Waals surface area contributed by atoms with Gasteiger partial charge in [0.1, 0.15) is 11.5 Å². The van der Waals surface area contributed by atoms with Crippen molar-refractivity contribution in [3.63, 3.8) is 0 Å². The molecule has 0 radical (unpaired) electrons. The van der Waals surface area contributed by atoms with Gasteiger partial charge in [0.2, 0.25) is 0 Å². The van der Waals surface area contributed by atoms with Crippen molar-refractivity contribution in [2.24, 2.45) is 0 Å². The average molecular weight is 326 g/mol. The van der Waals surface area contributed by atoms with Gasteiger partial charge in [0.25, 0.3) is 7.57 Å². The van der Waals surface area contributed by atoms with E-state index in [0.29, 0.717) is 5.76 Å². The molecule has 0 N–H and O–H groups in total. The normalized spacial score (nSPS) is 12.7. The molecule has 0 spiro atoms.